The first-order valence-electron chi connectivity index (χ1n) is 6.61. The zero-order valence-electron chi connectivity index (χ0n) is 12.6. The van der Waals surface area contributed by atoms with Gasteiger partial charge in [0.2, 0.25) is 0 Å². The normalized spacial score (nSPS) is 11.0. The van der Waals surface area contributed by atoms with Crippen LogP contribution in [0, 0.1) is 10.1 Å². The van der Waals surface area contributed by atoms with Gasteiger partial charge in [-0.1, -0.05) is 0 Å². The number of amides is 1. The number of ether oxygens (including phenoxy) is 2. The predicted molar refractivity (Wildman–Crippen MR) is 77.2 cm³/mol. The molecule has 0 aliphatic heterocycles. The maximum atomic E-state index is 13.1. The van der Waals surface area contributed by atoms with Crippen LogP contribution in [0.25, 0.3) is 0 Å². The highest BCUT2D eigenvalue weighted by Gasteiger charge is 2.30. The van der Waals surface area contributed by atoms with Gasteiger partial charge in [0.25, 0.3) is 17.5 Å². The third-order valence-corrected chi connectivity index (χ3v) is 2.83. The Morgan fingerprint density at radius 2 is 2.09 bits per heavy atom. The van der Waals surface area contributed by atoms with Crippen LogP contribution in [-0.4, -0.2) is 43.6 Å². The lowest BCUT2D eigenvalue weighted by Crippen LogP contribution is -2.41. The highest BCUT2D eigenvalue weighted by Crippen LogP contribution is 2.34. The average molecular weight is 333 g/mol. The molecule has 8 nitrogen and oxygen atoms in total. The van der Waals surface area contributed by atoms with Gasteiger partial charge in [-0.05, 0) is 6.92 Å². The van der Waals surface area contributed by atoms with Crippen molar-refractivity contribution in [2.75, 3.05) is 26.8 Å². The molecular formula is C13H17F2N3O5. The summed E-state index contributed by atoms with van der Waals surface area (Å²) < 4.78 is 36.3. The highest BCUT2D eigenvalue weighted by atomic mass is 19.3. The molecule has 1 rings (SSSR count). The van der Waals surface area contributed by atoms with E-state index >= 15 is 0 Å². The number of carbonyl (C=O) groups is 1. The molecule has 0 aromatic heterocycles. The standard InChI is InChI=1S/C13H17F2N3O5/c1-3-23-11-5-9(18(20)21)8(4-10(11)22-2)12(19)17-7-13(14,15)6-16/h4-5H,3,6-7,16H2,1-2H3,(H,17,19). The summed E-state index contributed by atoms with van der Waals surface area (Å²) in [5.74, 6) is -4.19. The smallest absolute Gasteiger partial charge is 0.286 e. The Labute approximate surface area is 130 Å². The molecule has 0 radical (unpaired) electrons. The first-order chi connectivity index (χ1) is 10.8. The Bertz CT molecular complexity index is 595. The molecule has 1 aromatic rings. The topological polar surface area (TPSA) is 117 Å². The van der Waals surface area contributed by atoms with Crippen molar-refractivity contribution in [3.05, 3.63) is 27.8 Å². The second-order valence-corrected chi connectivity index (χ2v) is 4.45. The van der Waals surface area contributed by atoms with Crippen molar-refractivity contribution in [3.63, 3.8) is 0 Å². The van der Waals surface area contributed by atoms with Gasteiger partial charge >= 0.3 is 0 Å². The summed E-state index contributed by atoms with van der Waals surface area (Å²) in [6.07, 6.45) is 0. The largest absolute Gasteiger partial charge is 0.493 e. The lowest BCUT2D eigenvalue weighted by molar-refractivity contribution is -0.385. The van der Waals surface area contributed by atoms with E-state index in [1.165, 1.54) is 7.11 Å². The average Bonchev–Trinajstić information content (AvgIpc) is 2.52. The predicted octanol–water partition coefficient (Wildman–Crippen LogP) is 1.33. The second-order valence-electron chi connectivity index (χ2n) is 4.45. The van der Waals surface area contributed by atoms with E-state index in [1.54, 1.807) is 6.92 Å². The summed E-state index contributed by atoms with van der Waals surface area (Å²) in [6.45, 7) is -0.0977. The Morgan fingerprint density at radius 3 is 2.57 bits per heavy atom. The molecule has 0 atom stereocenters. The molecule has 0 saturated carbocycles. The lowest BCUT2D eigenvalue weighted by atomic mass is 10.1. The second kappa shape index (κ2) is 7.68. The van der Waals surface area contributed by atoms with Crippen molar-refractivity contribution in [2.24, 2.45) is 5.73 Å². The maximum absolute atomic E-state index is 13.1. The maximum Gasteiger partial charge on any atom is 0.286 e. The molecule has 0 bridgehead atoms. The highest BCUT2D eigenvalue weighted by molar-refractivity contribution is 5.99. The molecule has 1 amide bonds. The molecule has 128 valence electrons. The van der Waals surface area contributed by atoms with Crippen LogP contribution in [0.4, 0.5) is 14.5 Å². The Kier molecular flexibility index (Phi) is 6.19. The minimum Gasteiger partial charge on any atom is -0.493 e. The third kappa shape index (κ3) is 4.74. The Morgan fingerprint density at radius 1 is 1.43 bits per heavy atom. The first-order valence-corrected chi connectivity index (χ1v) is 6.61. The summed E-state index contributed by atoms with van der Waals surface area (Å²) in [6, 6.07) is 2.08. The molecule has 23 heavy (non-hydrogen) atoms. The molecule has 10 heteroatoms. The van der Waals surface area contributed by atoms with E-state index in [0.29, 0.717) is 0 Å². The van der Waals surface area contributed by atoms with Gasteiger partial charge in [0.15, 0.2) is 11.5 Å². The van der Waals surface area contributed by atoms with Crippen LogP contribution in [0.5, 0.6) is 11.5 Å². The minimum absolute atomic E-state index is 0.0746. The number of hydrogen-bond donors (Lipinski definition) is 2. The van der Waals surface area contributed by atoms with Crippen LogP contribution in [0.15, 0.2) is 12.1 Å². The number of methoxy groups -OCH3 is 1. The van der Waals surface area contributed by atoms with Crippen molar-refractivity contribution in [1.29, 1.82) is 0 Å². The van der Waals surface area contributed by atoms with Gasteiger partial charge in [0.1, 0.15) is 5.56 Å². The molecule has 0 spiro atoms. The number of benzene rings is 1. The van der Waals surface area contributed by atoms with Gasteiger partial charge < -0.3 is 20.5 Å². The number of alkyl halides is 2. The molecule has 0 fully saturated rings. The molecule has 0 aliphatic carbocycles. The number of hydrogen-bond acceptors (Lipinski definition) is 6. The zero-order valence-corrected chi connectivity index (χ0v) is 12.6. The monoisotopic (exact) mass is 333 g/mol. The van der Waals surface area contributed by atoms with Crippen LogP contribution in [0.2, 0.25) is 0 Å². The third-order valence-electron chi connectivity index (χ3n) is 2.83. The molecule has 1 aromatic carbocycles. The van der Waals surface area contributed by atoms with Crippen molar-refractivity contribution >= 4 is 11.6 Å². The SMILES string of the molecule is CCOc1cc([N+](=O)[O-])c(C(=O)NCC(F)(F)CN)cc1OC. The molecule has 0 saturated heterocycles. The van der Waals surface area contributed by atoms with Gasteiger partial charge in [-0.2, -0.15) is 0 Å². The van der Waals surface area contributed by atoms with Gasteiger partial charge in [0, 0.05) is 6.07 Å². The molecule has 3 N–H and O–H groups in total. The number of nitrogens with zero attached hydrogens (tertiary/aromatic N) is 1. The quantitative estimate of drug-likeness (QED) is 0.547. The van der Waals surface area contributed by atoms with E-state index < -0.39 is 41.1 Å². The van der Waals surface area contributed by atoms with Crippen molar-refractivity contribution < 1.29 is 28.0 Å². The fourth-order valence-electron chi connectivity index (χ4n) is 1.69. The minimum atomic E-state index is -3.31. The fourth-order valence-corrected chi connectivity index (χ4v) is 1.69. The van der Waals surface area contributed by atoms with E-state index in [1.807, 2.05) is 5.32 Å². The van der Waals surface area contributed by atoms with Crippen LogP contribution in [0.1, 0.15) is 17.3 Å². The number of halogens is 2. The summed E-state index contributed by atoms with van der Waals surface area (Å²) in [5.41, 5.74) is 3.87. The number of nitro benzene ring substituents is 1. The van der Waals surface area contributed by atoms with Gasteiger partial charge in [-0.15, -0.1) is 0 Å². The van der Waals surface area contributed by atoms with Gasteiger partial charge in [0.05, 0.1) is 37.8 Å². The Hall–Kier alpha value is -2.49. The van der Waals surface area contributed by atoms with Gasteiger partial charge in [-0.3, -0.25) is 14.9 Å². The number of nitrogens with one attached hydrogen (secondary N) is 1. The molecular weight excluding hydrogens is 316 g/mol. The summed E-state index contributed by atoms with van der Waals surface area (Å²) >= 11 is 0. The first kappa shape index (κ1) is 18.6. The lowest BCUT2D eigenvalue weighted by Gasteiger charge is -2.15. The zero-order chi connectivity index (χ0) is 17.6. The number of nitrogens with two attached hydrogens (primary N) is 1. The van der Waals surface area contributed by atoms with Crippen molar-refractivity contribution in [1.82, 2.24) is 5.32 Å². The van der Waals surface area contributed by atoms with Crippen molar-refractivity contribution in [2.45, 2.75) is 12.8 Å². The van der Waals surface area contributed by atoms with Gasteiger partial charge in [-0.25, -0.2) is 8.78 Å². The van der Waals surface area contributed by atoms with E-state index in [9.17, 15) is 23.7 Å². The van der Waals surface area contributed by atoms with Crippen molar-refractivity contribution in [3.8, 4) is 11.5 Å². The van der Waals surface area contributed by atoms with Crippen LogP contribution < -0.4 is 20.5 Å². The summed E-state index contributed by atoms with van der Waals surface area (Å²) in [7, 11) is 1.29. The number of nitro groups is 1. The van der Waals surface area contributed by atoms with E-state index in [4.69, 9.17) is 15.2 Å². The van der Waals surface area contributed by atoms with E-state index in [0.717, 1.165) is 12.1 Å². The van der Waals surface area contributed by atoms with Crippen LogP contribution in [-0.2, 0) is 0 Å². The number of carbonyl (C=O) groups excluding carboxylic acids is 1. The van der Waals surface area contributed by atoms with Crippen LogP contribution >= 0.6 is 0 Å². The molecule has 0 unspecified atom stereocenters. The summed E-state index contributed by atoms with van der Waals surface area (Å²) in [4.78, 5) is 22.3. The van der Waals surface area contributed by atoms with E-state index in [2.05, 4.69) is 0 Å². The summed E-state index contributed by atoms with van der Waals surface area (Å²) in [5, 5.41) is 13.0. The van der Waals surface area contributed by atoms with Crippen LogP contribution in [0.3, 0.4) is 0 Å². The Balaban J connectivity index is 3.17. The van der Waals surface area contributed by atoms with E-state index in [-0.39, 0.29) is 18.1 Å². The fraction of sp³-hybridized carbons (Fsp3) is 0.462. The molecule has 0 heterocycles. The molecule has 0 aliphatic rings. The number of rotatable bonds is 8.